The second kappa shape index (κ2) is 5.75. The number of nitrogens with zero attached hydrogens (tertiary/aromatic N) is 2. The molecule has 0 aliphatic heterocycles. The highest BCUT2D eigenvalue weighted by atomic mass is 35.5. The predicted molar refractivity (Wildman–Crippen MR) is 70.8 cm³/mol. The van der Waals surface area contributed by atoms with Crippen molar-refractivity contribution in [3.63, 3.8) is 0 Å². The largest absolute Gasteiger partial charge is 0.321 e. The van der Waals surface area contributed by atoms with Gasteiger partial charge in [-0.2, -0.15) is 0 Å². The summed E-state index contributed by atoms with van der Waals surface area (Å²) in [5, 5.41) is 2.55. The fourth-order valence-electron chi connectivity index (χ4n) is 1.48. The third kappa shape index (κ3) is 3.26. The minimum atomic E-state index is -0.532. The number of hydrogen-bond acceptors (Lipinski definition) is 3. The number of rotatable bonds is 3. The first kappa shape index (κ1) is 13.4. The van der Waals surface area contributed by atoms with E-state index in [1.165, 1.54) is 24.5 Å². The summed E-state index contributed by atoms with van der Waals surface area (Å²) >= 11 is 5.64. The van der Waals surface area contributed by atoms with Crippen molar-refractivity contribution in [1.82, 2.24) is 9.97 Å². The number of amides is 1. The molecule has 2 aromatic rings. The lowest BCUT2D eigenvalue weighted by molar-refractivity contribution is 0.102. The Hall–Kier alpha value is -2.01. The maximum atomic E-state index is 13.0. The highest BCUT2D eigenvalue weighted by Gasteiger charge is 2.09. The standard InChI is InChI=1S/C13H11ClFN3O/c1-2-8-6-12(17-7-16-8)13(19)18-9-3-4-11(15)10(14)5-9/h3-7H,2H2,1H3,(H,18,19). The van der Waals surface area contributed by atoms with Gasteiger partial charge in [0.25, 0.3) is 5.91 Å². The van der Waals surface area contributed by atoms with Gasteiger partial charge in [-0.15, -0.1) is 0 Å². The molecule has 0 aliphatic rings. The fourth-order valence-corrected chi connectivity index (χ4v) is 1.66. The van der Waals surface area contributed by atoms with Crippen LogP contribution in [0.3, 0.4) is 0 Å². The number of hydrogen-bond donors (Lipinski definition) is 1. The molecule has 1 amide bonds. The Balaban J connectivity index is 2.18. The molecule has 0 saturated carbocycles. The first-order chi connectivity index (χ1) is 9.10. The van der Waals surface area contributed by atoms with Gasteiger partial charge in [0.05, 0.1) is 5.02 Å². The maximum Gasteiger partial charge on any atom is 0.274 e. The molecule has 0 fully saturated rings. The molecule has 2 rings (SSSR count). The van der Waals surface area contributed by atoms with Gasteiger partial charge in [0.1, 0.15) is 17.8 Å². The number of nitrogens with one attached hydrogen (secondary N) is 1. The van der Waals surface area contributed by atoms with Crippen LogP contribution in [0.4, 0.5) is 10.1 Å². The van der Waals surface area contributed by atoms with Gasteiger partial charge in [0.15, 0.2) is 0 Å². The molecule has 0 atom stereocenters. The molecule has 0 unspecified atom stereocenters. The molecule has 0 aliphatic carbocycles. The first-order valence-corrected chi connectivity index (χ1v) is 6.05. The molecule has 98 valence electrons. The highest BCUT2D eigenvalue weighted by molar-refractivity contribution is 6.31. The van der Waals surface area contributed by atoms with Crippen LogP contribution in [0.25, 0.3) is 0 Å². The number of aromatic nitrogens is 2. The van der Waals surface area contributed by atoms with Gasteiger partial charge in [0.2, 0.25) is 0 Å². The molecule has 0 spiro atoms. The Labute approximate surface area is 114 Å². The lowest BCUT2D eigenvalue weighted by Crippen LogP contribution is -2.14. The minimum absolute atomic E-state index is 0.0465. The molecule has 1 aromatic heterocycles. The Bertz CT molecular complexity index is 619. The van der Waals surface area contributed by atoms with Crippen LogP contribution in [-0.2, 0) is 6.42 Å². The van der Waals surface area contributed by atoms with E-state index in [0.29, 0.717) is 12.1 Å². The Kier molecular flexibility index (Phi) is 4.06. The maximum absolute atomic E-state index is 13.0. The van der Waals surface area contributed by atoms with Crippen LogP contribution in [0.1, 0.15) is 23.1 Å². The minimum Gasteiger partial charge on any atom is -0.321 e. The number of halogens is 2. The molecular weight excluding hydrogens is 269 g/mol. The van der Waals surface area contributed by atoms with Crippen molar-refractivity contribution in [2.45, 2.75) is 13.3 Å². The van der Waals surface area contributed by atoms with Crippen molar-refractivity contribution >= 4 is 23.2 Å². The molecule has 0 saturated heterocycles. The molecule has 1 N–H and O–H groups in total. The van der Waals surface area contributed by atoms with Crippen LogP contribution in [0, 0.1) is 5.82 Å². The quantitative estimate of drug-likeness (QED) is 0.939. The van der Waals surface area contributed by atoms with Crippen LogP contribution >= 0.6 is 11.6 Å². The van der Waals surface area contributed by atoms with E-state index in [0.717, 1.165) is 5.69 Å². The summed E-state index contributed by atoms with van der Waals surface area (Å²) in [5.74, 6) is -0.922. The van der Waals surface area contributed by atoms with Gasteiger partial charge >= 0.3 is 0 Å². The summed E-state index contributed by atoms with van der Waals surface area (Å²) in [7, 11) is 0. The summed E-state index contributed by atoms with van der Waals surface area (Å²) in [5.41, 5.74) is 1.44. The van der Waals surface area contributed by atoms with Crippen molar-refractivity contribution in [2.24, 2.45) is 0 Å². The second-order valence-electron chi connectivity index (χ2n) is 3.83. The van der Waals surface area contributed by atoms with Gasteiger partial charge in [-0.05, 0) is 30.7 Å². The van der Waals surface area contributed by atoms with E-state index in [1.54, 1.807) is 6.07 Å². The van der Waals surface area contributed by atoms with Crippen molar-refractivity contribution in [1.29, 1.82) is 0 Å². The average molecular weight is 280 g/mol. The number of benzene rings is 1. The van der Waals surface area contributed by atoms with Crippen molar-refractivity contribution in [2.75, 3.05) is 5.32 Å². The Morgan fingerprint density at radius 2 is 2.16 bits per heavy atom. The van der Waals surface area contributed by atoms with E-state index in [2.05, 4.69) is 15.3 Å². The van der Waals surface area contributed by atoms with E-state index < -0.39 is 5.82 Å². The number of anilines is 1. The monoisotopic (exact) mass is 279 g/mol. The lowest BCUT2D eigenvalue weighted by Gasteiger charge is -2.06. The summed E-state index contributed by atoms with van der Waals surface area (Å²) in [6.07, 6.45) is 2.05. The molecule has 1 heterocycles. The van der Waals surface area contributed by atoms with Gasteiger partial charge in [-0.3, -0.25) is 4.79 Å². The fraction of sp³-hybridized carbons (Fsp3) is 0.154. The predicted octanol–water partition coefficient (Wildman–Crippen LogP) is 3.08. The zero-order valence-corrected chi connectivity index (χ0v) is 10.9. The van der Waals surface area contributed by atoms with Gasteiger partial charge < -0.3 is 5.32 Å². The highest BCUT2D eigenvalue weighted by Crippen LogP contribution is 2.19. The summed E-state index contributed by atoms with van der Waals surface area (Å²) in [6.45, 7) is 1.93. The van der Waals surface area contributed by atoms with E-state index in [4.69, 9.17) is 11.6 Å². The summed E-state index contributed by atoms with van der Waals surface area (Å²) < 4.78 is 13.0. The van der Waals surface area contributed by atoms with Crippen LogP contribution < -0.4 is 5.32 Å². The van der Waals surface area contributed by atoms with Crippen LogP contribution in [-0.4, -0.2) is 15.9 Å². The zero-order chi connectivity index (χ0) is 13.8. The van der Waals surface area contributed by atoms with Crippen molar-refractivity contribution in [3.05, 3.63) is 52.8 Å². The van der Waals surface area contributed by atoms with Gasteiger partial charge in [0, 0.05) is 11.4 Å². The summed E-state index contributed by atoms with van der Waals surface area (Å²) in [4.78, 5) is 19.8. The summed E-state index contributed by atoms with van der Waals surface area (Å²) in [6, 6.07) is 5.58. The number of carbonyl (C=O) groups is 1. The van der Waals surface area contributed by atoms with E-state index in [1.807, 2.05) is 6.92 Å². The van der Waals surface area contributed by atoms with Gasteiger partial charge in [-0.1, -0.05) is 18.5 Å². The van der Waals surface area contributed by atoms with E-state index in [9.17, 15) is 9.18 Å². The van der Waals surface area contributed by atoms with Crippen LogP contribution in [0.2, 0.25) is 5.02 Å². The second-order valence-corrected chi connectivity index (χ2v) is 4.24. The number of carbonyl (C=O) groups excluding carboxylic acids is 1. The smallest absolute Gasteiger partial charge is 0.274 e. The Morgan fingerprint density at radius 3 is 2.84 bits per heavy atom. The van der Waals surface area contributed by atoms with Gasteiger partial charge in [-0.25, -0.2) is 14.4 Å². The van der Waals surface area contributed by atoms with Crippen LogP contribution in [0.15, 0.2) is 30.6 Å². The molecule has 0 radical (unpaired) electrons. The SMILES string of the molecule is CCc1cc(C(=O)Nc2ccc(F)c(Cl)c2)ncn1. The van der Waals surface area contributed by atoms with Crippen molar-refractivity contribution in [3.8, 4) is 0 Å². The number of aryl methyl sites for hydroxylation is 1. The topological polar surface area (TPSA) is 54.9 Å². The molecule has 6 heteroatoms. The lowest BCUT2D eigenvalue weighted by atomic mass is 10.2. The Morgan fingerprint density at radius 1 is 1.37 bits per heavy atom. The molecule has 19 heavy (non-hydrogen) atoms. The average Bonchev–Trinajstić information content (AvgIpc) is 2.43. The zero-order valence-electron chi connectivity index (χ0n) is 10.2. The molecule has 4 nitrogen and oxygen atoms in total. The first-order valence-electron chi connectivity index (χ1n) is 5.67. The van der Waals surface area contributed by atoms with E-state index >= 15 is 0 Å². The van der Waals surface area contributed by atoms with Crippen LogP contribution in [0.5, 0.6) is 0 Å². The third-order valence-electron chi connectivity index (χ3n) is 2.50. The van der Waals surface area contributed by atoms with Crippen molar-refractivity contribution < 1.29 is 9.18 Å². The molecular formula is C13H11ClFN3O. The van der Waals surface area contributed by atoms with E-state index in [-0.39, 0.29) is 16.6 Å². The third-order valence-corrected chi connectivity index (χ3v) is 2.79. The molecule has 0 bridgehead atoms. The molecule has 1 aromatic carbocycles. The normalized spacial score (nSPS) is 10.3.